The Kier molecular flexibility index (Phi) is 3.70. The number of hydrogen-bond acceptors (Lipinski definition) is 2. The second-order valence-corrected chi connectivity index (χ2v) is 6.07. The van der Waals surface area contributed by atoms with Crippen molar-refractivity contribution in [1.82, 2.24) is 0 Å². The summed E-state index contributed by atoms with van der Waals surface area (Å²) in [6.45, 7) is 2.79. The second kappa shape index (κ2) is 5.49. The zero-order chi connectivity index (χ0) is 14.1. The molecule has 2 aromatic rings. The molecule has 0 saturated heterocycles. The van der Waals surface area contributed by atoms with Crippen LogP contribution in [0.5, 0.6) is 11.5 Å². The van der Waals surface area contributed by atoms with Crippen LogP contribution in [0.15, 0.2) is 42.5 Å². The van der Waals surface area contributed by atoms with Crippen LogP contribution < -0.4 is 9.47 Å². The number of methoxy groups -OCH3 is 1. The van der Waals surface area contributed by atoms with Crippen molar-refractivity contribution in [3.63, 3.8) is 0 Å². The van der Waals surface area contributed by atoms with Gasteiger partial charge in [-0.1, -0.05) is 46.3 Å². The van der Waals surface area contributed by atoms with Gasteiger partial charge in [-0.2, -0.15) is 0 Å². The van der Waals surface area contributed by atoms with E-state index in [1.54, 1.807) is 7.11 Å². The highest BCUT2D eigenvalue weighted by atomic mass is 79.9. The third-order valence-corrected chi connectivity index (χ3v) is 4.99. The van der Waals surface area contributed by atoms with Gasteiger partial charge in [0.15, 0.2) is 0 Å². The van der Waals surface area contributed by atoms with Crippen molar-refractivity contribution >= 4 is 15.9 Å². The molecule has 104 valence electrons. The fourth-order valence-corrected chi connectivity index (χ4v) is 3.46. The first-order chi connectivity index (χ1) is 9.70. The number of benzene rings is 2. The molecule has 2 aromatic carbocycles. The van der Waals surface area contributed by atoms with Gasteiger partial charge in [0.05, 0.1) is 13.7 Å². The smallest absolute Gasteiger partial charge is 0.122 e. The van der Waals surface area contributed by atoms with Gasteiger partial charge in [-0.15, -0.1) is 0 Å². The summed E-state index contributed by atoms with van der Waals surface area (Å²) >= 11 is 3.84. The standard InChI is InChI=1S/C17H17BrO2/c1-11-9-12(7-8-15(11)19-2)17(18)14-10-20-16-6-4-3-5-13(14)16/h3-9,14,17H,10H2,1-2H3. The summed E-state index contributed by atoms with van der Waals surface area (Å²) in [6, 6.07) is 14.6. The van der Waals surface area contributed by atoms with Crippen LogP contribution in [0.25, 0.3) is 0 Å². The van der Waals surface area contributed by atoms with Crippen molar-refractivity contribution in [2.24, 2.45) is 0 Å². The maximum absolute atomic E-state index is 5.77. The maximum atomic E-state index is 5.77. The Bertz CT molecular complexity index is 624. The van der Waals surface area contributed by atoms with Crippen molar-refractivity contribution in [3.8, 4) is 11.5 Å². The van der Waals surface area contributed by atoms with Crippen LogP contribution in [0.3, 0.4) is 0 Å². The molecule has 1 aliphatic heterocycles. The quantitative estimate of drug-likeness (QED) is 0.764. The first kappa shape index (κ1) is 13.5. The first-order valence-corrected chi connectivity index (χ1v) is 7.62. The van der Waals surface area contributed by atoms with Crippen LogP contribution >= 0.6 is 15.9 Å². The molecule has 1 heterocycles. The van der Waals surface area contributed by atoms with Gasteiger partial charge in [0, 0.05) is 16.3 Å². The van der Waals surface area contributed by atoms with Gasteiger partial charge in [0.2, 0.25) is 0 Å². The number of alkyl halides is 1. The predicted molar refractivity (Wildman–Crippen MR) is 84.1 cm³/mol. The van der Waals surface area contributed by atoms with E-state index in [-0.39, 0.29) is 4.83 Å². The molecule has 0 saturated carbocycles. The summed E-state index contributed by atoms with van der Waals surface area (Å²) in [5.74, 6) is 2.28. The molecule has 3 rings (SSSR count). The molecule has 0 amide bonds. The molecule has 0 aliphatic carbocycles. The van der Waals surface area contributed by atoms with Gasteiger partial charge in [-0.3, -0.25) is 0 Å². The Morgan fingerprint density at radius 2 is 2.05 bits per heavy atom. The lowest BCUT2D eigenvalue weighted by Gasteiger charge is -2.18. The minimum Gasteiger partial charge on any atom is -0.496 e. The molecular weight excluding hydrogens is 316 g/mol. The molecule has 2 nitrogen and oxygen atoms in total. The summed E-state index contributed by atoms with van der Waals surface area (Å²) in [5, 5.41) is 0. The van der Waals surface area contributed by atoms with E-state index < -0.39 is 0 Å². The Morgan fingerprint density at radius 3 is 2.80 bits per heavy atom. The van der Waals surface area contributed by atoms with E-state index in [4.69, 9.17) is 9.47 Å². The molecule has 0 spiro atoms. The van der Waals surface area contributed by atoms with Gasteiger partial charge in [-0.05, 0) is 30.2 Å². The third-order valence-electron chi connectivity index (χ3n) is 3.83. The van der Waals surface area contributed by atoms with Crippen LogP contribution in [0.2, 0.25) is 0 Å². The molecule has 0 fully saturated rings. The summed E-state index contributed by atoms with van der Waals surface area (Å²) in [5.41, 5.74) is 3.69. The lowest BCUT2D eigenvalue weighted by molar-refractivity contribution is 0.329. The molecule has 0 bridgehead atoms. The average Bonchev–Trinajstić information content (AvgIpc) is 2.90. The molecule has 0 N–H and O–H groups in total. The Hall–Kier alpha value is -1.48. The van der Waals surface area contributed by atoms with E-state index in [1.807, 2.05) is 18.2 Å². The van der Waals surface area contributed by atoms with E-state index in [0.29, 0.717) is 5.92 Å². The first-order valence-electron chi connectivity index (χ1n) is 6.71. The fraction of sp³-hybridized carbons (Fsp3) is 0.294. The number of para-hydroxylation sites is 1. The van der Waals surface area contributed by atoms with Gasteiger partial charge in [0.1, 0.15) is 11.5 Å². The summed E-state index contributed by atoms with van der Waals surface area (Å²) in [4.78, 5) is 0.246. The van der Waals surface area contributed by atoms with E-state index in [9.17, 15) is 0 Å². The van der Waals surface area contributed by atoms with Crippen molar-refractivity contribution in [2.75, 3.05) is 13.7 Å². The van der Waals surface area contributed by atoms with Crippen LogP contribution in [-0.2, 0) is 0 Å². The summed E-state index contributed by atoms with van der Waals surface area (Å²) < 4.78 is 11.1. The van der Waals surface area contributed by atoms with Crippen LogP contribution in [0.4, 0.5) is 0 Å². The van der Waals surface area contributed by atoms with Crippen LogP contribution in [0, 0.1) is 6.92 Å². The lowest BCUT2D eigenvalue weighted by atomic mass is 9.93. The predicted octanol–water partition coefficient (Wildman–Crippen LogP) is 4.62. The largest absolute Gasteiger partial charge is 0.496 e. The Morgan fingerprint density at radius 1 is 1.25 bits per heavy atom. The van der Waals surface area contributed by atoms with Crippen molar-refractivity contribution < 1.29 is 9.47 Å². The molecule has 2 unspecified atom stereocenters. The summed E-state index contributed by atoms with van der Waals surface area (Å²) in [6.07, 6.45) is 0. The summed E-state index contributed by atoms with van der Waals surface area (Å²) in [7, 11) is 1.70. The second-order valence-electron chi connectivity index (χ2n) is 5.09. The molecule has 0 aromatic heterocycles. The van der Waals surface area contributed by atoms with Gasteiger partial charge in [-0.25, -0.2) is 0 Å². The van der Waals surface area contributed by atoms with E-state index in [1.165, 1.54) is 11.1 Å². The maximum Gasteiger partial charge on any atom is 0.122 e. The topological polar surface area (TPSA) is 18.5 Å². The average molecular weight is 333 g/mol. The van der Waals surface area contributed by atoms with E-state index >= 15 is 0 Å². The van der Waals surface area contributed by atoms with Gasteiger partial charge in [0.25, 0.3) is 0 Å². The Labute approximate surface area is 127 Å². The highest BCUT2D eigenvalue weighted by Crippen LogP contribution is 2.45. The monoisotopic (exact) mass is 332 g/mol. The number of rotatable bonds is 3. The highest BCUT2D eigenvalue weighted by molar-refractivity contribution is 9.09. The van der Waals surface area contributed by atoms with Crippen molar-refractivity contribution in [1.29, 1.82) is 0 Å². The Balaban J connectivity index is 1.90. The van der Waals surface area contributed by atoms with E-state index in [0.717, 1.165) is 23.7 Å². The molecule has 0 radical (unpaired) electrons. The van der Waals surface area contributed by atoms with Gasteiger partial charge >= 0.3 is 0 Å². The molecule has 2 atom stereocenters. The van der Waals surface area contributed by atoms with Gasteiger partial charge < -0.3 is 9.47 Å². The van der Waals surface area contributed by atoms with Crippen molar-refractivity contribution in [2.45, 2.75) is 17.7 Å². The van der Waals surface area contributed by atoms with E-state index in [2.05, 4.69) is 47.1 Å². The minimum absolute atomic E-state index is 0.246. The minimum atomic E-state index is 0.246. The number of fused-ring (bicyclic) bond motifs is 1. The number of aryl methyl sites for hydroxylation is 1. The molecular formula is C17H17BrO2. The zero-order valence-corrected chi connectivity index (χ0v) is 13.2. The fourth-order valence-electron chi connectivity index (χ4n) is 2.74. The van der Waals surface area contributed by atoms with Crippen LogP contribution in [0.1, 0.15) is 27.4 Å². The molecule has 1 aliphatic rings. The molecule has 3 heteroatoms. The highest BCUT2D eigenvalue weighted by Gasteiger charge is 2.30. The zero-order valence-electron chi connectivity index (χ0n) is 11.6. The SMILES string of the molecule is COc1ccc(C(Br)C2COc3ccccc32)cc1C. The van der Waals surface area contributed by atoms with Crippen LogP contribution in [-0.4, -0.2) is 13.7 Å². The number of hydrogen-bond donors (Lipinski definition) is 0. The molecule has 20 heavy (non-hydrogen) atoms. The normalized spacial score (nSPS) is 18.2. The lowest BCUT2D eigenvalue weighted by Crippen LogP contribution is -2.08. The third kappa shape index (κ3) is 2.31. The number of halogens is 1. The van der Waals surface area contributed by atoms with Crippen molar-refractivity contribution in [3.05, 3.63) is 59.2 Å². The number of ether oxygens (including phenoxy) is 2.